The monoisotopic (exact) mass is 232 g/mol. The molecular weight excluding hydrogens is 226 g/mol. The minimum absolute atomic E-state index is 0.00489. The zero-order valence-electron chi connectivity index (χ0n) is 7.54. The largest absolute Gasteiger partial charge is 0.390 e. The van der Waals surface area contributed by atoms with E-state index in [1.807, 2.05) is 0 Å². The van der Waals surface area contributed by atoms with Crippen LogP contribution in [0, 0.1) is 11.3 Å². The average Bonchev–Trinajstić information content (AvgIpc) is 2.26. The summed E-state index contributed by atoms with van der Waals surface area (Å²) in [6.07, 6.45) is -2.73. The van der Waals surface area contributed by atoms with Gasteiger partial charge in [-0.15, -0.1) is 11.6 Å². The third kappa shape index (κ3) is 2.41. The highest BCUT2D eigenvalue weighted by Crippen LogP contribution is 2.25. The van der Waals surface area contributed by atoms with Gasteiger partial charge in [0.2, 0.25) is 0 Å². The number of nitrogens with zero attached hydrogens (tertiary/aromatic N) is 2. The molecule has 1 aromatic heterocycles. The van der Waals surface area contributed by atoms with Gasteiger partial charge in [0.15, 0.2) is 0 Å². The fourth-order valence-electron chi connectivity index (χ4n) is 1.12. The van der Waals surface area contributed by atoms with Gasteiger partial charge in [-0.05, 0) is 6.07 Å². The highest BCUT2D eigenvalue weighted by Gasteiger charge is 2.17. The number of alkyl halides is 3. The second-order valence-electron chi connectivity index (χ2n) is 2.72. The molecule has 0 aromatic carbocycles. The lowest BCUT2D eigenvalue weighted by Crippen LogP contribution is -2.03. The maximum absolute atomic E-state index is 12.5. The van der Waals surface area contributed by atoms with Gasteiger partial charge in [0.1, 0.15) is 6.07 Å². The predicted octanol–water partition coefficient (Wildman–Crippen LogP) is 2.12. The third-order valence-corrected chi connectivity index (χ3v) is 2.10. The summed E-state index contributed by atoms with van der Waals surface area (Å²) in [6.45, 7) is -0.476. The highest BCUT2D eigenvalue weighted by molar-refractivity contribution is 6.17. The van der Waals surface area contributed by atoms with Gasteiger partial charge in [-0.1, -0.05) is 0 Å². The molecule has 0 saturated heterocycles. The predicted molar refractivity (Wildman–Crippen MR) is 49.4 cm³/mol. The lowest BCUT2D eigenvalue weighted by Gasteiger charge is -2.08. The van der Waals surface area contributed by atoms with Gasteiger partial charge < -0.3 is 5.11 Å². The van der Waals surface area contributed by atoms with Crippen molar-refractivity contribution in [2.45, 2.75) is 18.9 Å². The summed E-state index contributed by atoms with van der Waals surface area (Å²) in [5.74, 6) is -0.182. The van der Waals surface area contributed by atoms with Gasteiger partial charge in [0, 0.05) is 5.56 Å². The fraction of sp³-hybridized carbons (Fsp3) is 0.333. The lowest BCUT2D eigenvalue weighted by atomic mass is 10.1. The molecule has 1 heterocycles. The molecule has 80 valence electrons. The Morgan fingerprint density at radius 1 is 1.53 bits per heavy atom. The van der Waals surface area contributed by atoms with Gasteiger partial charge in [-0.25, -0.2) is 8.78 Å². The minimum atomic E-state index is -2.73. The summed E-state index contributed by atoms with van der Waals surface area (Å²) in [6, 6.07) is 2.71. The maximum Gasteiger partial charge on any atom is 0.265 e. The molecule has 0 amide bonds. The number of hydrogen-bond donors (Lipinski definition) is 1. The van der Waals surface area contributed by atoms with Crippen LogP contribution in [0.25, 0.3) is 0 Å². The fourth-order valence-corrected chi connectivity index (χ4v) is 1.34. The minimum Gasteiger partial charge on any atom is -0.390 e. The number of aromatic nitrogens is 1. The van der Waals surface area contributed by atoms with E-state index >= 15 is 0 Å². The number of rotatable bonds is 3. The number of halogens is 3. The molecule has 0 aliphatic heterocycles. The molecule has 1 rings (SSSR count). The van der Waals surface area contributed by atoms with Crippen molar-refractivity contribution in [2.24, 2.45) is 0 Å². The van der Waals surface area contributed by atoms with Gasteiger partial charge in [-0.2, -0.15) is 5.26 Å². The molecule has 0 aliphatic rings. The molecular formula is C9H7ClF2N2O. The van der Waals surface area contributed by atoms with E-state index in [2.05, 4.69) is 4.98 Å². The van der Waals surface area contributed by atoms with Crippen molar-refractivity contribution >= 4 is 11.6 Å². The van der Waals surface area contributed by atoms with Crippen LogP contribution < -0.4 is 0 Å². The van der Waals surface area contributed by atoms with Crippen molar-refractivity contribution in [3.05, 3.63) is 28.6 Å². The number of hydrogen-bond acceptors (Lipinski definition) is 3. The summed E-state index contributed by atoms with van der Waals surface area (Å²) in [7, 11) is 0. The van der Waals surface area contributed by atoms with Crippen LogP contribution in [0.5, 0.6) is 0 Å². The molecule has 0 atom stereocenters. The number of pyridine rings is 1. The third-order valence-electron chi connectivity index (χ3n) is 1.85. The van der Waals surface area contributed by atoms with Crippen LogP contribution in [0.3, 0.4) is 0 Å². The molecule has 1 N–H and O–H groups in total. The van der Waals surface area contributed by atoms with E-state index in [4.69, 9.17) is 22.0 Å². The average molecular weight is 233 g/mol. The molecule has 0 aliphatic carbocycles. The first-order valence-corrected chi connectivity index (χ1v) is 4.55. The molecule has 0 fully saturated rings. The Bertz CT molecular complexity index is 404. The highest BCUT2D eigenvalue weighted by atomic mass is 35.5. The lowest BCUT2D eigenvalue weighted by molar-refractivity contribution is 0.149. The second kappa shape index (κ2) is 5.01. The number of aliphatic hydroxyl groups is 1. The van der Waals surface area contributed by atoms with Crippen molar-refractivity contribution in [1.29, 1.82) is 5.26 Å². The first-order valence-electron chi connectivity index (χ1n) is 4.01. The molecule has 6 heteroatoms. The molecule has 1 aromatic rings. The zero-order valence-corrected chi connectivity index (χ0v) is 8.30. The summed E-state index contributed by atoms with van der Waals surface area (Å²) in [5.41, 5.74) is -0.354. The Labute approximate surface area is 89.9 Å². The van der Waals surface area contributed by atoms with Crippen molar-refractivity contribution in [2.75, 3.05) is 0 Å². The van der Waals surface area contributed by atoms with E-state index in [-0.39, 0.29) is 28.4 Å². The van der Waals surface area contributed by atoms with E-state index in [9.17, 15) is 8.78 Å². The van der Waals surface area contributed by atoms with E-state index in [0.717, 1.165) is 6.07 Å². The van der Waals surface area contributed by atoms with E-state index < -0.39 is 13.0 Å². The van der Waals surface area contributed by atoms with E-state index in [0.29, 0.717) is 0 Å². The molecule has 0 spiro atoms. The van der Waals surface area contributed by atoms with Crippen LogP contribution in [0.4, 0.5) is 8.78 Å². The van der Waals surface area contributed by atoms with Crippen molar-refractivity contribution in [3.8, 4) is 6.07 Å². The number of aliphatic hydroxyl groups excluding tert-OH is 1. The van der Waals surface area contributed by atoms with Gasteiger partial charge in [0.25, 0.3) is 6.43 Å². The van der Waals surface area contributed by atoms with Gasteiger partial charge in [0.05, 0.1) is 29.4 Å². The topological polar surface area (TPSA) is 56.9 Å². The molecule has 0 radical (unpaired) electrons. The van der Waals surface area contributed by atoms with Crippen LogP contribution in [-0.2, 0) is 12.5 Å². The Hall–Kier alpha value is -1.25. The SMILES string of the molecule is N#Cc1cc(C(F)F)c(CCl)nc1CO. The Balaban J connectivity index is 3.36. The smallest absolute Gasteiger partial charge is 0.265 e. The van der Waals surface area contributed by atoms with Crippen molar-refractivity contribution < 1.29 is 13.9 Å². The standard InChI is InChI=1S/C9H7ClF2N2O/c10-2-7-6(9(11)12)1-5(3-13)8(4-15)14-7/h1,9,15H,2,4H2. The van der Waals surface area contributed by atoms with Crippen LogP contribution >= 0.6 is 11.6 Å². The van der Waals surface area contributed by atoms with Crippen molar-refractivity contribution in [1.82, 2.24) is 4.98 Å². The number of nitriles is 1. The Morgan fingerprint density at radius 2 is 2.20 bits per heavy atom. The van der Waals surface area contributed by atoms with Crippen LogP contribution in [0.2, 0.25) is 0 Å². The van der Waals surface area contributed by atoms with Crippen LogP contribution in [0.1, 0.15) is 28.9 Å². The zero-order chi connectivity index (χ0) is 11.4. The summed E-state index contributed by atoms with van der Waals surface area (Å²) >= 11 is 5.44. The molecule has 0 unspecified atom stereocenters. The molecule has 3 nitrogen and oxygen atoms in total. The first-order chi connectivity index (χ1) is 7.13. The molecule has 15 heavy (non-hydrogen) atoms. The Morgan fingerprint density at radius 3 is 2.60 bits per heavy atom. The van der Waals surface area contributed by atoms with E-state index in [1.54, 1.807) is 6.07 Å². The van der Waals surface area contributed by atoms with Crippen molar-refractivity contribution in [3.63, 3.8) is 0 Å². The maximum atomic E-state index is 12.5. The van der Waals surface area contributed by atoms with Crippen LogP contribution in [-0.4, -0.2) is 10.1 Å². The normalized spacial score (nSPS) is 10.4. The molecule has 0 bridgehead atoms. The Kier molecular flexibility index (Phi) is 3.95. The van der Waals surface area contributed by atoms with Crippen LogP contribution in [0.15, 0.2) is 6.07 Å². The quantitative estimate of drug-likeness (QED) is 0.812. The van der Waals surface area contributed by atoms with Gasteiger partial charge >= 0.3 is 0 Å². The van der Waals surface area contributed by atoms with Gasteiger partial charge in [-0.3, -0.25) is 4.98 Å². The second-order valence-corrected chi connectivity index (χ2v) is 2.99. The first kappa shape index (κ1) is 11.8. The summed E-state index contributed by atoms with van der Waals surface area (Å²) < 4.78 is 25.0. The van der Waals surface area contributed by atoms with E-state index in [1.165, 1.54) is 0 Å². The summed E-state index contributed by atoms with van der Waals surface area (Å²) in [4.78, 5) is 3.72. The summed E-state index contributed by atoms with van der Waals surface area (Å²) in [5, 5.41) is 17.5. The molecule has 0 saturated carbocycles.